The van der Waals surface area contributed by atoms with E-state index in [4.69, 9.17) is 10.8 Å². The minimum absolute atomic E-state index is 0. The highest BCUT2D eigenvalue weighted by Crippen LogP contribution is 2.11. The zero-order valence-electron chi connectivity index (χ0n) is 14.8. The quantitative estimate of drug-likeness (QED) is 0.475. The minimum atomic E-state index is 0. The third-order valence-corrected chi connectivity index (χ3v) is 3.29. The van der Waals surface area contributed by atoms with E-state index >= 15 is 0 Å². The van der Waals surface area contributed by atoms with Gasteiger partial charge in [0.25, 0.3) is 0 Å². The molecule has 3 rings (SSSR count). The molecule has 0 unspecified atom stereocenters. The predicted octanol–water partition coefficient (Wildman–Crippen LogP) is -1.79. The summed E-state index contributed by atoms with van der Waals surface area (Å²) in [5.41, 5.74) is 8.14. The van der Waals surface area contributed by atoms with Crippen LogP contribution in [-0.4, -0.2) is 63.8 Å². The summed E-state index contributed by atoms with van der Waals surface area (Å²) in [6, 6.07) is 10.1. The molecule has 0 radical (unpaired) electrons. The maximum absolute atomic E-state index is 8.39. The van der Waals surface area contributed by atoms with E-state index in [1.165, 1.54) is 5.56 Å². The fourth-order valence-electron chi connectivity index (χ4n) is 2.04. The number of fused-ring (bicyclic) bond motifs is 1. The Morgan fingerprint density at radius 1 is 1.12 bits per heavy atom. The molecule has 0 bridgehead atoms. The number of nitrogens with one attached hydrogen (secondary N) is 1. The van der Waals surface area contributed by atoms with E-state index in [0.717, 1.165) is 28.8 Å². The number of aliphatic hydroxyl groups excluding tert-OH is 1. The van der Waals surface area contributed by atoms with E-state index in [0.29, 0.717) is 5.65 Å². The van der Waals surface area contributed by atoms with E-state index < -0.39 is 0 Å². The number of aliphatic hydroxyl groups is 1. The number of nitrogen functional groups attached to an aromatic ring is 1. The van der Waals surface area contributed by atoms with Crippen molar-refractivity contribution in [1.82, 2.24) is 19.9 Å². The van der Waals surface area contributed by atoms with Gasteiger partial charge in [-0.15, -0.1) is 0 Å². The van der Waals surface area contributed by atoms with Gasteiger partial charge in [-0.1, -0.05) is 30.3 Å². The molecule has 0 atom stereocenters. The molecule has 1 aromatic carbocycles. The monoisotopic (exact) mass is 364 g/mol. The van der Waals surface area contributed by atoms with Gasteiger partial charge in [-0.25, -0.2) is 9.97 Å². The van der Waals surface area contributed by atoms with Gasteiger partial charge in [0.1, 0.15) is 17.9 Å². The number of anilines is 1. The Morgan fingerprint density at radius 3 is 2.36 bits per heavy atom. The van der Waals surface area contributed by atoms with Crippen LogP contribution in [0.25, 0.3) is 11.2 Å². The fraction of sp³-hybridized carbons (Fsp3) is 0.353. The zero-order valence-corrected chi connectivity index (χ0v) is 15.5. The third kappa shape index (κ3) is 7.04. The molecule has 8 heteroatoms. The van der Waals surface area contributed by atoms with E-state index in [2.05, 4.69) is 53.2 Å². The van der Waals surface area contributed by atoms with Crippen molar-refractivity contribution in [3.63, 3.8) is 0 Å². The topological polar surface area (TPSA) is 101 Å². The Hall–Kier alpha value is -2.22. The average Bonchev–Trinajstić information content (AvgIpc) is 2.89. The van der Waals surface area contributed by atoms with Gasteiger partial charge in [0.15, 0.2) is 5.65 Å². The largest absolute Gasteiger partial charge is 1.00 e. The van der Waals surface area contributed by atoms with E-state index in [1.54, 1.807) is 6.20 Å². The number of hydrogen-bond acceptors (Lipinski definition) is 5. The van der Waals surface area contributed by atoms with Crippen molar-refractivity contribution in [2.24, 2.45) is 0 Å². The Kier molecular flexibility index (Phi) is 7.76. The minimum Gasteiger partial charge on any atom is -1.00 e. The lowest BCUT2D eigenvalue weighted by molar-refractivity contribution is -0.870. The number of nitrogens with zero attached hydrogens (tertiary/aromatic N) is 4. The van der Waals surface area contributed by atoms with Gasteiger partial charge in [-0.05, 0) is 5.56 Å². The van der Waals surface area contributed by atoms with Gasteiger partial charge < -0.3 is 32.7 Å². The van der Waals surface area contributed by atoms with Gasteiger partial charge in [0.05, 0.1) is 33.9 Å². The van der Waals surface area contributed by atoms with Crippen molar-refractivity contribution in [1.29, 1.82) is 0 Å². The molecule has 0 saturated carbocycles. The molecule has 0 aliphatic rings. The van der Waals surface area contributed by atoms with Gasteiger partial charge in [-0.3, -0.25) is 0 Å². The van der Waals surface area contributed by atoms with E-state index in [1.807, 2.05) is 18.2 Å². The molecule has 7 nitrogen and oxygen atoms in total. The molecule has 4 N–H and O–H groups in total. The van der Waals surface area contributed by atoms with Crippen LogP contribution in [0.4, 0.5) is 5.95 Å². The summed E-state index contributed by atoms with van der Waals surface area (Å²) in [7, 11) is 6.16. The van der Waals surface area contributed by atoms with Crippen molar-refractivity contribution in [3.05, 3.63) is 47.9 Å². The average molecular weight is 365 g/mol. The van der Waals surface area contributed by atoms with Crippen LogP contribution < -0.4 is 18.1 Å². The van der Waals surface area contributed by atoms with Crippen LogP contribution in [0.3, 0.4) is 0 Å². The highest BCUT2D eigenvalue weighted by atomic mass is 35.5. The number of hydrogen-bond donors (Lipinski definition) is 3. The van der Waals surface area contributed by atoms with Crippen LogP contribution >= 0.6 is 0 Å². The van der Waals surface area contributed by atoms with Gasteiger partial charge in [0.2, 0.25) is 5.95 Å². The van der Waals surface area contributed by atoms with Crippen molar-refractivity contribution < 1.29 is 22.0 Å². The second-order valence-electron chi connectivity index (χ2n) is 6.55. The van der Waals surface area contributed by atoms with Crippen LogP contribution in [-0.2, 0) is 6.42 Å². The summed E-state index contributed by atoms with van der Waals surface area (Å²) in [4.78, 5) is 15.5. The first-order chi connectivity index (χ1) is 11.4. The summed E-state index contributed by atoms with van der Waals surface area (Å²) in [6.45, 7) is 1.11. The number of quaternary nitrogens is 1. The molecule has 25 heavy (non-hydrogen) atoms. The van der Waals surface area contributed by atoms with Crippen LogP contribution in [0.2, 0.25) is 0 Å². The van der Waals surface area contributed by atoms with Crippen LogP contribution in [0, 0.1) is 0 Å². The second-order valence-corrected chi connectivity index (χ2v) is 6.55. The van der Waals surface area contributed by atoms with E-state index in [9.17, 15) is 0 Å². The predicted molar refractivity (Wildman–Crippen MR) is 95.3 cm³/mol. The first-order valence-electron chi connectivity index (χ1n) is 7.80. The summed E-state index contributed by atoms with van der Waals surface area (Å²) >= 11 is 0. The standard InChI is InChI=1S/C12H11N5.C5H14NO.ClH/c13-12-14-7-9-11(17-12)16-10(15-9)6-8-4-2-1-3-5-8;1-6(2,3)4-5-7;/h1-5,7H,6H2,(H3,13,14,15,16,17);7H,4-5H2,1-3H3;1H/q;+1;/p-1. The third-order valence-electron chi connectivity index (χ3n) is 3.29. The Bertz CT molecular complexity index is 770. The molecule has 0 amide bonds. The molecular formula is C17H25ClN6O. The highest BCUT2D eigenvalue weighted by Gasteiger charge is 2.05. The second kappa shape index (κ2) is 9.31. The number of benzene rings is 1. The molecule has 0 saturated heterocycles. The van der Waals surface area contributed by atoms with Crippen molar-refractivity contribution in [2.75, 3.05) is 40.0 Å². The highest BCUT2D eigenvalue weighted by molar-refractivity contribution is 5.70. The number of imidazole rings is 1. The molecule has 136 valence electrons. The lowest BCUT2D eigenvalue weighted by Gasteiger charge is -2.21. The lowest BCUT2D eigenvalue weighted by Crippen LogP contribution is -3.00. The van der Waals surface area contributed by atoms with Crippen molar-refractivity contribution in [2.45, 2.75) is 6.42 Å². The van der Waals surface area contributed by atoms with Gasteiger partial charge in [0, 0.05) is 6.42 Å². The normalized spacial score (nSPS) is 10.7. The van der Waals surface area contributed by atoms with E-state index in [-0.39, 0.29) is 25.0 Å². The summed E-state index contributed by atoms with van der Waals surface area (Å²) in [5, 5.41) is 8.39. The number of aromatic amines is 1. The van der Waals surface area contributed by atoms with Crippen LogP contribution in [0.5, 0.6) is 0 Å². The number of aromatic nitrogens is 4. The Labute approximate surface area is 153 Å². The van der Waals surface area contributed by atoms with Crippen molar-refractivity contribution in [3.8, 4) is 0 Å². The zero-order chi connectivity index (χ0) is 17.6. The van der Waals surface area contributed by atoms with Gasteiger partial charge >= 0.3 is 0 Å². The van der Waals surface area contributed by atoms with Crippen LogP contribution in [0.1, 0.15) is 11.4 Å². The first-order valence-corrected chi connectivity index (χ1v) is 7.80. The Balaban J connectivity index is 0.000000339. The van der Waals surface area contributed by atoms with Gasteiger partial charge in [-0.2, -0.15) is 4.98 Å². The smallest absolute Gasteiger partial charge is 0.222 e. The molecule has 0 fully saturated rings. The fourth-order valence-corrected chi connectivity index (χ4v) is 2.04. The molecule has 2 aromatic heterocycles. The molecule has 0 aliphatic heterocycles. The summed E-state index contributed by atoms with van der Waals surface area (Å²) in [6.07, 6.45) is 2.40. The number of rotatable bonds is 4. The summed E-state index contributed by atoms with van der Waals surface area (Å²) < 4.78 is 0.844. The first kappa shape index (κ1) is 20.8. The summed E-state index contributed by atoms with van der Waals surface area (Å²) in [5.74, 6) is 1.11. The maximum Gasteiger partial charge on any atom is 0.222 e. The number of H-pyrrole nitrogens is 1. The maximum atomic E-state index is 8.39. The molecule has 0 aliphatic carbocycles. The number of halogens is 1. The lowest BCUT2D eigenvalue weighted by atomic mass is 10.1. The molecule has 3 aromatic rings. The molecule has 2 heterocycles. The SMILES string of the molecule is C[N+](C)(C)CCO.Nc1ncc2[nH]c(Cc3ccccc3)nc2n1.[Cl-]. The molecular weight excluding hydrogens is 340 g/mol. The van der Waals surface area contributed by atoms with Crippen LogP contribution in [0.15, 0.2) is 36.5 Å². The number of nitrogens with two attached hydrogens (primary N) is 1. The Morgan fingerprint density at radius 2 is 1.80 bits per heavy atom. The number of likely N-dealkylation sites (N-methyl/N-ethyl adjacent to an activating group) is 1. The van der Waals surface area contributed by atoms with Crippen molar-refractivity contribution >= 4 is 17.1 Å². The molecule has 0 spiro atoms.